The summed E-state index contributed by atoms with van der Waals surface area (Å²) >= 11 is 1.92. The Morgan fingerprint density at radius 1 is 0.974 bits per heavy atom. The number of nitrogens with zero attached hydrogens (tertiary/aromatic N) is 1. The number of thiophene rings is 1. The Morgan fingerprint density at radius 3 is 2.36 bits per heavy atom. The van der Waals surface area contributed by atoms with Crippen LogP contribution < -0.4 is 0 Å². The van der Waals surface area contributed by atoms with Gasteiger partial charge in [0, 0.05) is 52.6 Å². The van der Waals surface area contributed by atoms with Crippen molar-refractivity contribution in [3.8, 4) is 11.3 Å². The van der Waals surface area contributed by atoms with E-state index in [1.165, 1.54) is 69.3 Å². The summed E-state index contributed by atoms with van der Waals surface area (Å²) in [6.45, 7) is 12.5. The van der Waals surface area contributed by atoms with Crippen LogP contribution >= 0.6 is 11.3 Å². The Hall–Kier alpha value is -2.85. The molecule has 3 nitrogen and oxygen atoms in total. The van der Waals surface area contributed by atoms with Gasteiger partial charge >= 0.3 is 0 Å². The molecule has 1 aliphatic carbocycles. The number of hydrogen-bond donors (Lipinski definition) is 1. The molecule has 0 amide bonds. The molecule has 5 heteroatoms. The predicted octanol–water partition coefficient (Wildman–Crippen LogP) is 9.45. The molecule has 2 aromatic heterocycles. The second kappa shape index (κ2) is 11.0. The zero-order valence-corrected chi connectivity index (χ0v) is 26.5. The molecule has 0 bridgehead atoms. The maximum absolute atomic E-state index is 10.0. The normalized spacial score (nSPS) is 15.8. The Bertz CT molecular complexity index is 1710. The Labute approximate surface area is 248 Å². The molecule has 6 rings (SSSR count). The summed E-state index contributed by atoms with van der Waals surface area (Å²) < 4.78 is 2.76. The van der Waals surface area contributed by atoms with Gasteiger partial charge in [-0.25, -0.2) is 0 Å². The van der Waals surface area contributed by atoms with Gasteiger partial charge in [0.05, 0.1) is 5.76 Å². The largest absolute Gasteiger partial charge is 0.512 e. The number of aliphatic hydroxyl groups is 1. The van der Waals surface area contributed by atoms with Crippen LogP contribution in [-0.4, -0.2) is 15.9 Å². The van der Waals surface area contributed by atoms with Gasteiger partial charge in [0.25, 0.3) is 0 Å². The molecule has 3 aromatic carbocycles. The monoisotopic (exact) mass is 713 g/mol. The van der Waals surface area contributed by atoms with Crippen molar-refractivity contribution >= 4 is 48.1 Å². The molecule has 0 unspecified atom stereocenters. The molecule has 203 valence electrons. The number of carbonyl (C=O) groups is 1. The van der Waals surface area contributed by atoms with Gasteiger partial charge in [0.2, 0.25) is 0 Å². The predicted molar refractivity (Wildman–Crippen MR) is 161 cm³/mol. The molecule has 0 saturated carbocycles. The van der Waals surface area contributed by atoms with Crippen molar-refractivity contribution in [1.29, 1.82) is 0 Å². The smallest absolute Gasteiger partial charge is 0.155 e. The third-order valence-corrected chi connectivity index (χ3v) is 8.80. The average Bonchev–Trinajstić information content (AvgIpc) is 3.22. The molecule has 0 spiro atoms. The molecule has 5 aromatic rings. The first-order valence-electron chi connectivity index (χ1n) is 13.1. The van der Waals surface area contributed by atoms with Gasteiger partial charge in [-0.3, -0.25) is 4.79 Å². The molecule has 1 radical (unpaired) electrons. The summed E-state index contributed by atoms with van der Waals surface area (Å²) in [5, 5.41) is 13.7. The fourth-order valence-electron chi connectivity index (χ4n) is 5.74. The van der Waals surface area contributed by atoms with Crippen LogP contribution in [0, 0.1) is 6.07 Å². The van der Waals surface area contributed by atoms with Crippen molar-refractivity contribution in [2.75, 3.05) is 0 Å². The number of hydrogen-bond acceptors (Lipinski definition) is 4. The van der Waals surface area contributed by atoms with E-state index in [4.69, 9.17) is 10.1 Å². The Balaban J connectivity index is 0.000000394. The standard InChI is InChI=1S/C29H26NS.C5H8O2.Ir/c1-28(2)13-14-29(3,4)26-22(28)10-11-23-25(26)21-17-20-19(16-24(21)31-23)12-15-30-27(20)18-8-6-5-7-9-18;1-4(6)3-5(2)7;/h5-8,10-12,15-17H,13-14H2,1-4H3;3,6H,1-2H3;/q-1;;/b;4-3-;. The molecule has 1 N–H and O–H groups in total. The minimum Gasteiger partial charge on any atom is -0.512 e. The third-order valence-electron chi connectivity index (χ3n) is 7.68. The topological polar surface area (TPSA) is 50.2 Å². The van der Waals surface area contributed by atoms with Crippen LogP contribution in [0.1, 0.15) is 65.5 Å². The van der Waals surface area contributed by atoms with Crippen molar-refractivity contribution in [1.82, 2.24) is 4.98 Å². The second-order valence-electron chi connectivity index (χ2n) is 11.6. The molecular formula is C34H34IrNO2S-. The fourth-order valence-corrected chi connectivity index (χ4v) is 6.88. The Morgan fingerprint density at radius 2 is 1.72 bits per heavy atom. The maximum Gasteiger partial charge on any atom is 0.155 e. The number of aromatic nitrogens is 1. The van der Waals surface area contributed by atoms with Crippen molar-refractivity contribution in [3.05, 3.63) is 89.8 Å². The second-order valence-corrected chi connectivity index (χ2v) is 12.7. The number of allylic oxidation sites excluding steroid dienone is 2. The van der Waals surface area contributed by atoms with Crippen molar-refractivity contribution in [2.45, 2.75) is 65.2 Å². The maximum atomic E-state index is 10.0. The van der Waals surface area contributed by atoms with Crippen molar-refractivity contribution in [2.24, 2.45) is 0 Å². The van der Waals surface area contributed by atoms with Crippen LogP contribution in [-0.2, 0) is 35.7 Å². The zero-order chi connectivity index (χ0) is 27.2. The van der Waals surface area contributed by atoms with E-state index in [9.17, 15) is 4.79 Å². The molecule has 0 aliphatic heterocycles. The number of benzene rings is 3. The van der Waals surface area contributed by atoms with Crippen molar-refractivity contribution < 1.29 is 30.0 Å². The number of rotatable bonds is 2. The Kier molecular flexibility index (Phi) is 8.19. The summed E-state index contributed by atoms with van der Waals surface area (Å²) in [6.07, 6.45) is 5.55. The van der Waals surface area contributed by atoms with Gasteiger partial charge in [0.1, 0.15) is 0 Å². The van der Waals surface area contributed by atoms with E-state index >= 15 is 0 Å². The van der Waals surface area contributed by atoms with E-state index in [0.717, 1.165) is 11.3 Å². The average molecular weight is 713 g/mol. The van der Waals surface area contributed by atoms with Crippen LogP contribution in [0.25, 0.3) is 42.2 Å². The van der Waals surface area contributed by atoms with Crippen molar-refractivity contribution in [3.63, 3.8) is 0 Å². The van der Waals surface area contributed by atoms with E-state index in [0.29, 0.717) is 0 Å². The number of fused-ring (bicyclic) bond motifs is 6. The van der Waals surface area contributed by atoms with Gasteiger partial charge in [-0.05, 0) is 83.3 Å². The van der Waals surface area contributed by atoms with E-state index in [-0.39, 0.29) is 42.5 Å². The van der Waals surface area contributed by atoms with Gasteiger partial charge < -0.3 is 10.1 Å². The summed E-state index contributed by atoms with van der Waals surface area (Å²) in [5.41, 5.74) is 5.55. The number of pyridine rings is 1. The van der Waals surface area contributed by atoms with E-state index in [1.807, 2.05) is 29.7 Å². The molecule has 39 heavy (non-hydrogen) atoms. The molecule has 0 atom stereocenters. The van der Waals surface area contributed by atoms with E-state index < -0.39 is 0 Å². The summed E-state index contributed by atoms with van der Waals surface area (Å²) in [5.74, 6) is -0.0625. The number of carbonyl (C=O) groups excluding carboxylic acids is 1. The van der Waals surface area contributed by atoms with Gasteiger partial charge in [-0.1, -0.05) is 39.8 Å². The minimum atomic E-state index is -0.125. The zero-order valence-electron chi connectivity index (χ0n) is 23.3. The number of aliphatic hydroxyl groups excluding tert-OH is 1. The summed E-state index contributed by atoms with van der Waals surface area (Å²) in [6, 6.07) is 23.2. The van der Waals surface area contributed by atoms with Crippen LogP contribution in [0.5, 0.6) is 0 Å². The first-order chi connectivity index (χ1) is 18.0. The van der Waals surface area contributed by atoms with E-state index in [2.05, 4.69) is 76.2 Å². The summed E-state index contributed by atoms with van der Waals surface area (Å²) in [7, 11) is 0. The third kappa shape index (κ3) is 5.59. The van der Waals surface area contributed by atoms with Crippen LogP contribution in [0.2, 0.25) is 0 Å². The first kappa shape index (κ1) is 29.1. The molecule has 0 saturated heterocycles. The van der Waals surface area contributed by atoms with Crippen LogP contribution in [0.15, 0.2) is 72.6 Å². The molecule has 2 heterocycles. The van der Waals surface area contributed by atoms with Crippen LogP contribution in [0.4, 0.5) is 0 Å². The molecular weight excluding hydrogens is 679 g/mol. The summed E-state index contributed by atoms with van der Waals surface area (Å²) in [4.78, 5) is 14.8. The quantitative estimate of drug-likeness (QED) is 0.113. The van der Waals surface area contributed by atoms with E-state index in [1.54, 1.807) is 5.56 Å². The van der Waals surface area contributed by atoms with Gasteiger partial charge in [-0.2, -0.15) is 0 Å². The van der Waals surface area contributed by atoms with Crippen LogP contribution in [0.3, 0.4) is 0 Å². The fraction of sp³-hybridized carbons (Fsp3) is 0.294. The number of ketones is 1. The molecule has 1 aliphatic rings. The SMILES string of the molecule is CC(=O)/C=C(/C)O.CC1(C)CCC(C)(C)c2c1ccc1sc3cc4ccnc(-c5[c-]cccc5)c4cc3c21.[Ir]. The molecule has 0 fully saturated rings. The van der Waals surface area contributed by atoms with Gasteiger partial charge in [0.15, 0.2) is 5.78 Å². The first-order valence-corrected chi connectivity index (χ1v) is 13.9. The van der Waals surface area contributed by atoms with Gasteiger partial charge in [-0.15, -0.1) is 47.2 Å². The minimum absolute atomic E-state index is 0.